The molecular formula is C18H24N4O2. The zero-order chi connectivity index (χ0) is 17.9. The maximum Gasteiger partial charge on any atom is 0.271 e. The summed E-state index contributed by atoms with van der Waals surface area (Å²) >= 11 is 0. The van der Waals surface area contributed by atoms with E-state index in [1.807, 2.05) is 45.9 Å². The number of benzene rings is 1. The minimum Gasteiger partial charge on any atom is -0.350 e. The standard InChI is InChI=1S/C18H24N4O2/c1-11(2)9-19-18(24)16-15(10-20-22(16)5)21-17(23)14-8-12(3)6-7-13(14)4/h6-8,10-11H,9H2,1-5H3,(H,19,24)(H,21,23). The summed E-state index contributed by atoms with van der Waals surface area (Å²) in [6, 6.07) is 5.70. The third kappa shape index (κ3) is 4.01. The second-order valence-electron chi connectivity index (χ2n) is 6.41. The van der Waals surface area contributed by atoms with Gasteiger partial charge in [0.05, 0.1) is 11.9 Å². The Morgan fingerprint density at radius 1 is 1.21 bits per heavy atom. The first-order chi connectivity index (χ1) is 11.3. The van der Waals surface area contributed by atoms with Crippen LogP contribution in [0.5, 0.6) is 0 Å². The van der Waals surface area contributed by atoms with Crippen molar-refractivity contribution in [3.63, 3.8) is 0 Å². The molecule has 24 heavy (non-hydrogen) atoms. The molecular weight excluding hydrogens is 304 g/mol. The molecule has 2 rings (SSSR count). The lowest BCUT2D eigenvalue weighted by atomic mass is 10.1. The van der Waals surface area contributed by atoms with E-state index >= 15 is 0 Å². The largest absolute Gasteiger partial charge is 0.350 e. The average Bonchev–Trinajstić information content (AvgIpc) is 2.87. The Bertz CT molecular complexity index is 762. The minimum atomic E-state index is -0.250. The predicted molar refractivity (Wildman–Crippen MR) is 94.2 cm³/mol. The van der Waals surface area contributed by atoms with E-state index in [9.17, 15) is 9.59 Å². The highest BCUT2D eigenvalue weighted by molar-refractivity contribution is 6.09. The number of rotatable bonds is 5. The fraction of sp³-hybridized carbons (Fsp3) is 0.389. The molecule has 128 valence electrons. The second-order valence-corrected chi connectivity index (χ2v) is 6.41. The van der Waals surface area contributed by atoms with Gasteiger partial charge in [-0.2, -0.15) is 5.10 Å². The Morgan fingerprint density at radius 2 is 1.92 bits per heavy atom. The molecule has 2 N–H and O–H groups in total. The van der Waals surface area contributed by atoms with Gasteiger partial charge >= 0.3 is 0 Å². The summed E-state index contributed by atoms with van der Waals surface area (Å²) in [5, 5.41) is 9.74. The van der Waals surface area contributed by atoms with Gasteiger partial charge in [0.2, 0.25) is 0 Å². The molecule has 0 radical (unpaired) electrons. The van der Waals surface area contributed by atoms with Crippen LogP contribution >= 0.6 is 0 Å². The molecule has 6 heteroatoms. The smallest absolute Gasteiger partial charge is 0.271 e. The predicted octanol–water partition coefficient (Wildman–Crippen LogP) is 2.68. The second kappa shape index (κ2) is 7.29. The van der Waals surface area contributed by atoms with Gasteiger partial charge in [0.1, 0.15) is 5.69 Å². The normalized spacial score (nSPS) is 10.8. The van der Waals surface area contributed by atoms with E-state index in [1.54, 1.807) is 7.05 Å². The maximum absolute atomic E-state index is 12.6. The number of hydrogen-bond acceptors (Lipinski definition) is 3. The number of amides is 2. The van der Waals surface area contributed by atoms with Crippen molar-refractivity contribution in [1.29, 1.82) is 0 Å². The van der Waals surface area contributed by atoms with Gasteiger partial charge in [0, 0.05) is 19.2 Å². The van der Waals surface area contributed by atoms with Crippen LogP contribution in [0.1, 0.15) is 45.8 Å². The number of anilines is 1. The van der Waals surface area contributed by atoms with Crippen LogP contribution in [-0.2, 0) is 7.05 Å². The molecule has 0 fully saturated rings. The minimum absolute atomic E-state index is 0.248. The van der Waals surface area contributed by atoms with Crippen LogP contribution < -0.4 is 10.6 Å². The fourth-order valence-electron chi connectivity index (χ4n) is 2.35. The highest BCUT2D eigenvalue weighted by Gasteiger charge is 2.20. The zero-order valence-corrected chi connectivity index (χ0v) is 14.8. The quantitative estimate of drug-likeness (QED) is 0.886. The lowest BCUT2D eigenvalue weighted by Crippen LogP contribution is -2.30. The van der Waals surface area contributed by atoms with Gasteiger partial charge in [-0.15, -0.1) is 0 Å². The van der Waals surface area contributed by atoms with Crippen molar-refractivity contribution in [3.8, 4) is 0 Å². The van der Waals surface area contributed by atoms with Crippen LogP contribution in [-0.4, -0.2) is 28.1 Å². The van der Waals surface area contributed by atoms with E-state index in [0.29, 0.717) is 29.4 Å². The van der Waals surface area contributed by atoms with Crippen molar-refractivity contribution in [3.05, 3.63) is 46.8 Å². The molecule has 2 aromatic rings. The third-order valence-corrected chi connectivity index (χ3v) is 3.71. The first kappa shape index (κ1) is 17.7. The maximum atomic E-state index is 12.6. The van der Waals surface area contributed by atoms with E-state index in [-0.39, 0.29) is 11.8 Å². The summed E-state index contributed by atoms with van der Waals surface area (Å²) in [6.07, 6.45) is 1.49. The van der Waals surface area contributed by atoms with Crippen LogP contribution in [0.2, 0.25) is 0 Å². The van der Waals surface area contributed by atoms with Crippen molar-refractivity contribution in [2.75, 3.05) is 11.9 Å². The summed E-state index contributed by atoms with van der Waals surface area (Å²) in [5.74, 6) is -0.155. The van der Waals surface area contributed by atoms with E-state index < -0.39 is 0 Å². The summed E-state index contributed by atoms with van der Waals surface area (Å²) in [6.45, 7) is 8.42. The van der Waals surface area contributed by atoms with Crippen LogP contribution in [0.25, 0.3) is 0 Å². The Balaban J connectivity index is 2.23. The molecule has 0 aliphatic carbocycles. The SMILES string of the molecule is Cc1ccc(C)c(C(=O)Nc2cnn(C)c2C(=O)NCC(C)C)c1. The molecule has 1 heterocycles. The molecule has 0 unspecified atom stereocenters. The molecule has 6 nitrogen and oxygen atoms in total. The molecule has 0 aliphatic rings. The van der Waals surface area contributed by atoms with E-state index in [2.05, 4.69) is 15.7 Å². The van der Waals surface area contributed by atoms with Gasteiger partial charge < -0.3 is 10.6 Å². The van der Waals surface area contributed by atoms with Gasteiger partial charge in [0.15, 0.2) is 0 Å². The Morgan fingerprint density at radius 3 is 2.58 bits per heavy atom. The van der Waals surface area contributed by atoms with Gasteiger partial charge in [0.25, 0.3) is 11.8 Å². The molecule has 2 amide bonds. The molecule has 0 spiro atoms. The number of carbonyl (C=O) groups is 2. The van der Waals surface area contributed by atoms with Crippen LogP contribution in [0.15, 0.2) is 24.4 Å². The number of hydrogen-bond donors (Lipinski definition) is 2. The first-order valence-corrected chi connectivity index (χ1v) is 7.98. The Hall–Kier alpha value is -2.63. The Kier molecular flexibility index (Phi) is 5.39. The molecule has 0 aliphatic heterocycles. The number of carbonyl (C=O) groups excluding carboxylic acids is 2. The van der Waals surface area contributed by atoms with Crippen LogP contribution in [0, 0.1) is 19.8 Å². The lowest BCUT2D eigenvalue weighted by molar-refractivity contribution is 0.0940. The molecule has 0 atom stereocenters. The zero-order valence-electron chi connectivity index (χ0n) is 14.8. The first-order valence-electron chi connectivity index (χ1n) is 7.98. The fourth-order valence-corrected chi connectivity index (χ4v) is 2.35. The number of aromatic nitrogens is 2. The van der Waals surface area contributed by atoms with E-state index in [4.69, 9.17) is 0 Å². The number of aryl methyl sites for hydroxylation is 3. The monoisotopic (exact) mass is 328 g/mol. The highest BCUT2D eigenvalue weighted by atomic mass is 16.2. The molecule has 0 bridgehead atoms. The van der Waals surface area contributed by atoms with Crippen molar-refractivity contribution in [2.45, 2.75) is 27.7 Å². The number of nitrogens with one attached hydrogen (secondary N) is 2. The summed E-state index contributed by atoms with van der Waals surface area (Å²) < 4.78 is 1.47. The molecule has 1 aromatic heterocycles. The molecule has 0 saturated heterocycles. The van der Waals surface area contributed by atoms with Gasteiger partial charge in [-0.1, -0.05) is 31.5 Å². The highest BCUT2D eigenvalue weighted by Crippen LogP contribution is 2.17. The van der Waals surface area contributed by atoms with E-state index in [0.717, 1.165) is 11.1 Å². The third-order valence-electron chi connectivity index (χ3n) is 3.71. The van der Waals surface area contributed by atoms with Gasteiger partial charge in [-0.3, -0.25) is 14.3 Å². The molecule has 0 saturated carbocycles. The molecule has 1 aromatic carbocycles. The van der Waals surface area contributed by atoms with Crippen LogP contribution in [0.3, 0.4) is 0 Å². The Labute approximate surface area is 142 Å². The van der Waals surface area contributed by atoms with Crippen LogP contribution in [0.4, 0.5) is 5.69 Å². The van der Waals surface area contributed by atoms with Crippen molar-refractivity contribution < 1.29 is 9.59 Å². The summed E-state index contributed by atoms with van der Waals surface area (Å²) in [4.78, 5) is 24.9. The van der Waals surface area contributed by atoms with Crippen molar-refractivity contribution >= 4 is 17.5 Å². The lowest BCUT2D eigenvalue weighted by Gasteiger charge is -2.11. The van der Waals surface area contributed by atoms with Crippen molar-refractivity contribution in [2.24, 2.45) is 13.0 Å². The summed E-state index contributed by atoms with van der Waals surface area (Å²) in [5.41, 5.74) is 3.23. The van der Waals surface area contributed by atoms with Crippen molar-refractivity contribution in [1.82, 2.24) is 15.1 Å². The topological polar surface area (TPSA) is 76.0 Å². The van der Waals surface area contributed by atoms with Gasteiger partial charge in [-0.25, -0.2) is 0 Å². The van der Waals surface area contributed by atoms with E-state index in [1.165, 1.54) is 10.9 Å². The van der Waals surface area contributed by atoms with Gasteiger partial charge in [-0.05, 0) is 31.4 Å². The average molecular weight is 328 g/mol. The number of nitrogens with zero attached hydrogens (tertiary/aromatic N) is 2. The summed E-state index contributed by atoms with van der Waals surface area (Å²) in [7, 11) is 1.68.